The van der Waals surface area contributed by atoms with Gasteiger partial charge in [-0.15, -0.1) is 0 Å². The Morgan fingerprint density at radius 2 is 1.87 bits per heavy atom. The van der Waals surface area contributed by atoms with Crippen molar-refractivity contribution < 1.29 is 0 Å². The molecule has 2 aromatic carbocycles. The summed E-state index contributed by atoms with van der Waals surface area (Å²) in [5.41, 5.74) is 6.00. The van der Waals surface area contributed by atoms with E-state index in [1.165, 1.54) is 11.1 Å². The molecule has 1 spiro atoms. The highest BCUT2D eigenvalue weighted by molar-refractivity contribution is 5.94. The molecule has 3 atom stereocenters. The molecule has 4 aromatic rings. The minimum absolute atomic E-state index is 0.0412. The highest BCUT2D eigenvalue weighted by atomic mass is 16.1. The zero-order valence-corrected chi connectivity index (χ0v) is 17.0. The molecule has 3 heteroatoms. The molecule has 2 heterocycles. The maximum atomic E-state index is 13.6. The van der Waals surface area contributed by atoms with Gasteiger partial charge in [0.15, 0.2) is 0 Å². The highest BCUT2D eigenvalue weighted by Crippen LogP contribution is 2.70. The molecule has 0 N–H and O–H groups in total. The van der Waals surface area contributed by atoms with Crippen LogP contribution in [0.25, 0.3) is 16.4 Å². The molecule has 7 rings (SSSR count). The van der Waals surface area contributed by atoms with Gasteiger partial charge >= 0.3 is 0 Å². The lowest BCUT2D eigenvalue weighted by Gasteiger charge is -2.51. The zero-order valence-electron chi connectivity index (χ0n) is 17.0. The Hall–Kier alpha value is -3.72. The number of hydrogen-bond acceptors (Lipinski definition) is 2. The lowest BCUT2D eigenvalue weighted by molar-refractivity contribution is 0.349. The van der Waals surface area contributed by atoms with E-state index in [2.05, 4.69) is 88.9 Å². The molecule has 148 valence electrons. The van der Waals surface area contributed by atoms with Gasteiger partial charge in [0.2, 0.25) is 0 Å². The van der Waals surface area contributed by atoms with Crippen molar-refractivity contribution in [1.29, 1.82) is 0 Å². The molecule has 0 fully saturated rings. The van der Waals surface area contributed by atoms with Crippen LogP contribution in [0.3, 0.4) is 0 Å². The fourth-order valence-corrected chi connectivity index (χ4v) is 6.44. The number of pyridine rings is 1. The number of hydrogen-bond donors (Lipinski definition) is 0. The van der Waals surface area contributed by atoms with Gasteiger partial charge in [-0.1, -0.05) is 79.4 Å². The molecule has 31 heavy (non-hydrogen) atoms. The third-order valence-electron chi connectivity index (χ3n) is 7.60. The van der Waals surface area contributed by atoms with Crippen LogP contribution in [-0.4, -0.2) is 9.38 Å². The van der Waals surface area contributed by atoms with Crippen LogP contribution in [0.4, 0.5) is 0 Å². The fourth-order valence-electron chi connectivity index (χ4n) is 6.44. The van der Waals surface area contributed by atoms with Gasteiger partial charge < -0.3 is 4.40 Å². The van der Waals surface area contributed by atoms with Gasteiger partial charge in [0.25, 0.3) is 5.56 Å². The summed E-state index contributed by atoms with van der Waals surface area (Å²) in [6.45, 7) is 4.52. The van der Waals surface area contributed by atoms with Crippen molar-refractivity contribution in [2.24, 2.45) is 0 Å². The second kappa shape index (κ2) is 5.70. The Morgan fingerprint density at radius 3 is 2.81 bits per heavy atom. The van der Waals surface area contributed by atoms with Crippen LogP contribution >= 0.6 is 0 Å². The topological polar surface area (TPSA) is 34.4 Å². The standard InChI is InChI=1S/C28H20N2O/c1-17-9-3-2-4-14-22-23-25(24-20-12-7-8-13-21(20)28(17,22)24)30-16-15-18-10-5-6-11-19(18)26(30)29-27(23)31/h2-13,15-16,22,24H,1,14H2/b4-2-,9-3-. The maximum Gasteiger partial charge on any atom is 0.277 e. The molecular weight excluding hydrogens is 380 g/mol. The fraction of sp³-hybridized carbons (Fsp3) is 0.143. The molecule has 0 saturated carbocycles. The minimum atomic E-state index is -0.284. The minimum Gasteiger partial charge on any atom is -0.304 e. The summed E-state index contributed by atoms with van der Waals surface area (Å²) in [6, 6.07) is 18.9. The van der Waals surface area contributed by atoms with Crippen molar-refractivity contribution in [2.75, 3.05) is 0 Å². The summed E-state index contributed by atoms with van der Waals surface area (Å²) in [6.07, 6.45) is 11.3. The number of benzene rings is 2. The molecule has 0 radical (unpaired) electrons. The summed E-state index contributed by atoms with van der Waals surface area (Å²) in [5.74, 6) is 0.149. The van der Waals surface area contributed by atoms with Crippen molar-refractivity contribution in [1.82, 2.24) is 9.38 Å². The number of nitrogens with zero attached hydrogens (tertiary/aromatic N) is 2. The van der Waals surface area contributed by atoms with Crippen LogP contribution in [0.15, 0.2) is 102 Å². The SMILES string of the molecule is C=C1/C=C\C=C/CC2c3c(n4ccc5ccccc5c4nc3=O)C3c4ccccc4C123. The Balaban J connectivity index is 1.66. The van der Waals surface area contributed by atoms with Gasteiger partial charge in [0, 0.05) is 40.1 Å². The van der Waals surface area contributed by atoms with Gasteiger partial charge in [-0.25, -0.2) is 0 Å². The molecule has 0 amide bonds. The number of allylic oxidation sites excluding steroid dienone is 5. The van der Waals surface area contributed by atoms with Crippen molar-refractivity contribution in [2.45, 2.75) is 23.7 Å². The van der Waals surface area contributed by atoms with E-state index in [0.717, 1.165) is 39.7 Å². The predicted octanol–water partition coefficient (Wildman–Crippen LogP) is 5.40. The molecule has 3 unspecified atom stereocenters. The smallest absolute Gasteiger partial charge is 0.277 e. The van der Waals surface area contributed by atoms with Gasteiger partial charge in [0.05, 0.1) is 0 Å². The molecule has 3 aliphatic rings. The summed E-state index contributed by atoms with van der Waals surface area (Å²) in [5, 5.41) is 2.10. The van der Waals surface area contributed by atoms with E-state index in [4.69, 9.17) is 0 Å². The van der Waals surface area contributed by atoms with E-state index in [1.807, 2.05) is 12.1 Å². The molecule has 0 aliphatic heterocycles. The molecule has 3 nitrogen and oxygen atoms in total. The first-order valence-corrected chi connectivity index (χ1v) is 10.8. The van der Waals surface area contributed by atoms with Crippen LogP contribution in [-0.2, 0) is 5.41 Å². The average molecular weight is 400 g/mol. The van der Waals surface area contributed by atoms with Crippen molar-refractivity contribution >= 4 is 16.4 Å². The monoisotopic (exact) mass is 400 g/mol. The normalized spacial score (nSPS) is 27.4. The van der Waals surface area contributed by atoms with Gasteiger partial charge in [-0.3, -0.25) is 4.79 Å². The first-order valence-electron chi connectivity index (χ1n) is 10.8. The van der Waals surface area contributed by atoms with Crippen LogP contribution in [0.2, 0.25) is 0 Å². The molecule has 0 saturated heterocycles. The van der Waals surface area contributed by atoms with Gasteiger partial charge in [0.1, 0.15) is 5.65 Å². The van der Waals surface area contributed by atoms with Crippen molar-refractivity contribution in [3.63, 3.8) is 0 Å². The van der Waals surface area contributed by atoms with E-state index in [1.54, 1.807) is 0 Å². The Kier molecular flexibility index (Phi) is 3.13. The molecule has 2 aromatic heterocycles. The second-order valence-corrected chi connectivity index (χ2v) is 8.80. The largest absolute Gasteiger partial charge is 0.304 e. The summed E-state index contributed by atoms with van der Waals surface area (Å²) >= 11 is 0. The highest BCUT2D eigenvalue weighted by Gasteiger charge is 2.64. The quantitative estimate of drug-likeness (QED) is 0.370. The van der Waals surface area contributed by atoms with Gasteiger partial charge in [-0.2, -0.15) is 4.98 Å². The van der Waals surface area contributed by atoms with E-state index < -0.39 is 0 Å². The lowest BCUT2D eigenvalue weighted by Crippen LogP contribution is -2.46. The Labute approximate surface area is 179 Å². The molecular formula is C28H20N2O. The van der Waals surface area contributed by atoms with E-state index in [0.29, 0.717) is 0 Å². The van der Waals surface area contributed by atoms with Crippen molar-refractivity contribution in [3.8, 4) is 0 Å². The first kappa shape index (κ1) is 17.0. The Morgan fingerprint density at radius 1 is 1.03 bits per heavy atom. The maximum absolute atomic E-state index is 13.6. The van der Waals surface area contributed by atoms with E-state index in [-0.39, 0.29) is 22.8 Å². The summed E-state index contributed by atoms with van der Waals surface area (Å²) < 4.78 is 2.17. The third-order valence-corrected chi connectivity index (χ3v) is 7.60. The number of fused-ring (bicyclic) bond motifs is 9. The first-order chi connectivity index (χ1) is 15.2. The van der Waals surface area contributed by atoms with E-state index in [9.17, 15) is 4.79 Å². The second-order valence-electron chi connectivity index (χ2n) is 8.80. The molecule has 3 aliphatic carbocycles. The van der Waals surface area contributed by atoms with Crippen LogP contribution in [0.1, 0.15) is 40.6 Å². The van der Waals surface area contributed by atoms with Crippen LogP contribution < -0.4 is 5.56 Å². The number of aromatic nitrogens is 2. The summed E-state index contributed by atoms with van der Waals surface area (Å²) in [7, 11) is 0. The zero-order chi connectivity index (χ0) is 20.7. The van der Waals surface area contributed by atoms with E-state index >= 15 is 0 Å². The summed E-state index contributed by atoms with van der Waals surface area (Å²) in [4.78, 5) is 18.2. The lowest BCUT2D eigenvalue weighted by atomic mass is 9.50. The average Bonchev–Trinajstić information content (AvgIpc) is 3.03. The van der Waals surface area contributed by atoms with Crippen LogP contribution in [0.5, 0.6) is 0 Å². The number of rotatable bonds is 0. The van der Waals surface area contributed by atoms with Crippen LogP contribution in [0, 0.1) is 0 Å². The third kappa shape index (κ3) is 1.86. The predicted molar refractivity (Wildman–Crippen MR) is 124 cm³/mol. The molecule has 0 bridgehead atoms. The van der Waals surface area contributed by atoms with Gasteiger partial charge in [-0.05, 0) is 34.6 Å². The van der Waals surface area contributed by atoms with Crippen molar-refractivity contribution in [3.05, 3.63) is 130 Å². The Bertz CT molecular complexity index is 1570.